The Hall–Kier alpha value is -1.29. The van der Waals surface area contributed by atoms with Crippen molar-refractivity contribution in [1.29, 1.82) is 0 Å². The van der Waals surface area contributed by atoms with Crippen LogP contribution in [0, 0.1) is 0 Å². The van der Waals surface area contributed by atoms with E-state index < -0.39 is 40.9 Å². The average molecular weight is 370 g/mol. The van der Waals surface area contributed by atoms with Gasteiger partial charge in [-0.05, 0) is 17.7 Å². The number of carbonyl (C=O) groups is 1. The van der Waals surface area contributed by atoms with E-state index in [1.807, 2.05) is 0 Å². The molecule has 1 heterocycles. The Morgan fingerprint density at radius 2 is 1.96 bits per heavy atom. The van der Waals surface area contributed by atoms with Gasteiger partial charge in [0.2, 0.25) is 15.9 Å². The minimum Gasteiger partial charge on any atom is -0.325 e. The molecule has 1 amide bonds. The van der Waals surface area contributed by atoms with Crippen molar-refractivity contribution in [1.82, 2.24) is 10.0 Å². The Morgan fingerprint density at radius 3 is 2.43 bits per heavy atom. The molecule has 1 atom stereocenters. The maximum atomic E-state index is 13.0. The molecule has 1 aliphatic rings. The Kier molecular flexibility index (Phi) is 6.46. The van der Waals surface area contributed by atoms with E-state index in [2.05, 4.69) is 15.4 Å². The number of halogens is 3. The van der Waals surface area contributed by atoms with Crippen LogP contribution in [-0.2, 0) is 21.4 Å². The fourth-order valence-electron chi connectivity index (χ4n) is 2.05. The van der Waals surface area contributed by atoms with E-state index in [0.717, 1.165) is 6.26 Å². The molecule has 1 aromatic carbocycles. The third kappa shape index (κ3) is 6.38. The lowest BCUT2D eigenvalue weighted by atomic mass is 10.1. The predicted molar refractivity (Wildman–Crippen MR) is 85.4 cm³/mol. The number of hydrogen-bond donors (Lipinski definition) is 3. The van der Waals surface area contributed by atoms with Gasteiger partial charge in [-0.1, -0.05) is 12.1 Å². The van der Waals surface area contributed by atoms with Crippen molar-refractivity contribution in [2.24, 2.45) is 0 Å². The fraction of sp³-hybridized carbons (Fsp3) is 0.462. The first-order valence-corrected chi connectivity index (χ1v) is 8.49. The highest BCUT2D eigenvalue weighted by Crippen LogP contribution is 2.25. The second-order valence-electron chi connectivity index (χ2n) is 5.27. The van der Waals surface area contributed by atoms with Crippen molar-refractivity contribution in [3.05, 3.63) is 29.8 Å². The van der Waals surface area contributed by atoms with Crippen LogP contribution in [0.4, 0.5) is 14.5 Å². The standard InChI is InChI=1S/C13H17F2N3O3S.ClH/c1-22(20,21)17-7-9-2-4-10(5-3-9)18-12(19)11-6-13(14,15)8-16-11;/h2-5,11,16-17H,6-8H2,1H3,(H,18,19);1H. The molecular formula is C13H18ClF2N3O3S. The van der Waals surface area contributed by atoms with Crippen molar-refractivity contribution >= 4 is 34.0 Å². The molecule has 3 N–H and O–H groups in total. The minimum absolute atomic E-state index is 0. The molecule has 6 nitrogen and oxygen atoms in total. The van der Waals surface area contributed by atoms with Crippen LogP contribution in [0.2, 0.25) is 0 Å². The molecule has 0 aromatic heterocycles. The molecule has 10 heteroatoms. The van der Waals surface area contributed by atoms with Crippen LogP contribution >= 0.6 is 12.4 Å². The summed E-state index contributed by atoms with van der Waals surface area (Å²) in [4.78, 5) is 11.8. The quantitative estimate of drug-likeness (QED) is 0.725. The zero-order valence-corrected chi connectivity index (χ0v) is 13.9. The monoisotopic (exact) mass is 369 g/mol. The fourth-order valence-corrected chi connectivity index (χ4v) is 2.48. The molecule has 1 aliphatic heterocycles. The van der Waals surface area contributed by atoms with Crippen molar-refractivity contribution in [2.45, 2.75) is 24.9 Å². The average Bonchev–Trinajstić information content (AvgIpc) is 2.77. The summed E-state index contributed by atoms with van der Waals surface area (Å²) in [6, 6.07) is 5.55. The van der Waals surface area contributed by atoms with Gasteiger partial charge in [-0.15, -0.1) is 12.4 Å². The summed E-state index contributed by atoms with van der Waals surface area (Å²) >= 11 is 0. The summed E-state index contributed by atoms with van der Waals surface area (Å²) in [5.41, 5.74) is 1.18. The van der Waals surface area contributed by atoms with E-state index in [1.165, 1.54) is 0 Å². The maximum Gasteiger partial charge on any atom is 0.262 e. The number of alkyl halides is 2. The molecule has 1 unspecified atom stereocenters. The smallest absolute Gasteiger partial charge is 0.262 e. The van der Waals surface area contributed by atoms with Crippen molar-refractivity contribution < 1.29 is 22.0 Å². The van der Waals surface area contributed by atoms with Crippen molar-refractivity contribution in [3.8, 4) is 0 Å². The zero-order valence-electron chi connectivity index (χ0n) is 12.3. The van der Waals surface area contributed by atoms with E-state index in [0.29, 0.717) is 11.3 Å². The Morgan fingerprint density at radius 1 is 1.35 bits per heavy atom. The van der Waals surface area contributed by atoms with Crippen LogP contribution in [0.5, 0.6) is 0 Å². The van der Waals surface area contributed by atoms with Crippen LogP contribution in [0.1, 0.15) is 12.0 Å². The normalized spacial score (nSPS) is 19.9. The maximum absolute atomic E-state index is 13.0. The third-order valence-corrected chi connectivity index (χ3v) is 3.86. The molecule has 0 saturated carbocycles. The number of benzene rings is 1. The minimum atomic E-state index is -3.27. The first kappa shape index (κ1) is 19.8. The summed E-state index contributed by atoms with van der Waals surface area (Å²) in [5, 5.41) is 5.02. The lowest BCUT2D eigenvalue weighted by Crippen LogP contribution is -2.35. The van der Waals surface area contributed by atoms with Gasteiger partial charge in [-0.3, -0.25) is 10.1 Å². The van der Waals surface area contributed by atoms with Gasteiger partial charge in [0, 0.05) is 18.7 Å². The Balaban J connectivity index is 0.00000264. The lowest BCUT2D eigenvalue weighted by molar-refractivity contribution is -0.118. The second kappa shape index (κ2) is 7.52. The largest absolute Gasteiger partial charge is 0.325 e. The summed E-state index contributed by atoms with van der Waals surface area (Å²) in [7, 11) is -3.27. The molecule has 2 rings (SSSR count). The molecule has 1 saturated heterocycles. The van der Waals surface area contributed by atoms with E-state index in [1.54, 1.807) is 24.3 Å². The number of amides is 1. The molecule has 1 aromatic rings. The number of nitrogens with one attached hydrogen (secondary N) is 3. The van der Waals surface area contributed by atoms with Gasteiger partial charge < -0.3 is 5.32 Å². The van der Waals surface area contributed by atoms with Gasteiger partial charge in [0.25, 0.3) is 5.92 Å². The van der Waals surface area contributed by atoms with Gasteiger partial charge in [0.05, 0.1) is 18.8 Å². The van der Waals surface area contributed by atoms with E-state index >= 15 is 0 Å². The topological polar surface area (TPSA) is 87.3 Å². The highest BCUT2D eigenvalue weighted by molar-refractivity contribution is 7.88. The summed E-state index contributed by atoms with van der Waals surface area (Å²) in [6.07, 6.45) is 0.543. The molecule has 130 valence electrons. The first-order chi connectivity index (χ1) is 10.1. The Bertz CT molecular complexity index is 653. The summed E-state index contributed by atoms with van der Waals surface area (Å²) < 4.78 is 50.4. The first-order valence-electron chi connectivity index (χ1n) is 6.60. The molecule has 23 heavy (non-hydrogen) atoms. The number of hydrogen-bond acceptors (Lipinski definition) is 4. The third-order valence-electron chi connectivity index (χ3n) is 3.19. The molecule has 0 aliphatic carbocycles. The van der Waals surface area contributed by atoms with Crippen LogP contribution in [0.3, 0.4) is 0 Å². The Labute approximate surface area is 139 Å². The molecule has 0 radical (unpaired) electrons. The molecular weight excluding hydrogens is 352 g/mol. The van der Waals surface area contributed by atoms with Crippen molar-refractivity contribution in [3.63, 3.8) is 0 Å². The zero-order chi connectivity index (χ0) is 16.4. The van der Waals surface area contributed by atoms with Gasteiger partial charge in [0.1, 0.15) is 0 Å². The van der Waals surface area contributed by atoms with Crippen LogP contribution < -0.4 is 15.4 Å². The van der Waals surface area contributed by atoms with Crippen LogP contribution in [-0.4, -0.2) is 39.1 Å². The van der Waals surface area contributed by atoms with E-state index in [-0.39, 0.29) is 19.0 Å². The number of sulfonamides is 1. The van der Waals surface area contributed by atoms with Gasteiger partial charge >= 0.3 is 0 Å². The SMILES string of the molecule is CS(=O)(=O)NCc1ccc(NC(=O)C2CC(F)(F)CN2)cc1.Cl. The number of anilines is 1. The van der Waals surface area contributed by atoms with Gasteiger partial charge in [-0.2, -0.15) is 0 Å². The van der Waals surface area contributed by atoms with Gasteiger partial charge in [0.15, 0.2) is 0 Å². The number of carbonyl (C=O) groups excluding carboxylic acids is 1. The van der Waals surface area contributed by atoms with Crippen LogP contribution in [0.25, 0.3) is 0 Å². The van der Waals surface area contributed by atoms with Crippen molar-refractivity contribution in [2.75, 3.05) is 18.1 Å². The second-order valence-corrected chi connectivity index (χ2v) is 7.11. The predicted octanol–water partition coefficient (Wildman–Crippen LogP) is 1.09. The van der Waals surface area contributed by atoms with Crippen LogP contribution in [0.15, 0.2) is 24.3 Å². The summed E-state index contributed by atoms with van der Waals surface area (Å²) in [5.74, 6) is -3.37. The number of rotatable bonds is 5. The lowest BCUT2D eigenvalue weighted by Gasteiger charge is -2.11. The van der Waals surface area contributed by atoms with Gasteiger partial charge in [-0.25, -0.2) is 21.9 Å². The highest BCUT2D eigenvalue weighted by Gasteiger charge is 2.42. The van der Waals surface area contributed by atoms with E-state index in [4.69, 9.17) is 0 Å². The molecule has 0 bridgehead atoms. The summed E-state index contributed by atoms with van der Waals surface area (Å²) in [6.45, 7) is -0.356. The molecule has 1 fully saturated rings. The highest BCUT2D eigenvalue weighted by atomic mass is 35.5. The molecule has 0 spiro atoms. The van der Waals surface area contributed by atoms with E-state index in [9.17, 15) is 22.0 Å².